The van der Waals surface area contributed by atoms with Gasteiger partial charge < -0.3 is 10.1 Å². The Morgan fingerprint density at radius 3 is 2.92 bits per heavy atom. The zero-order valence-electron chi connectivity index (χ0n) is 12.8. The van der Waals surface area contributed by atoms with Gasteiger partial charge in [0.1, 0.15) is 11.0 Å². The maximum Gasteiger partial charge on any atom is 0.418 e. The van der Waals surface area contributed by atoms with Gasteiger partial charge in [-0.1, -0.05) is 22.9 Å². The topological polar surface area (TPSA) is 89.0 Å². The van der Waals surface area contributed by atoms with E-state index in [2.05, 4.69) is 25.6 Å². The average Bonchev–Trinajstić information content (AvgIpc) is 2.86. The van der Waals surface area contributed by atoms with Gasteiger partial charge in [-0.15, -0.1) is 0 Å². The third-order valence-electron chi connectivity index (χ3n) is 2.83. The zero-order valence-corrected chi connectivity index (χ0v) is 14.4. The molecule has 0 aliphatic heterocycles. The van der Waals surface area contributed by atoms with Crippen molar-refractivity contribution in [2.45, 2.75) is 6.92 Å². The molecule has 0 radical (unpaired) electrons. The maximum absolute atomic E-state index is 13.2. The van der Waals surface area contributed by atoms with Crippen LogP contribution in [0.4, 0.5) is 25.6 Å². The molecule has 3 rings (SSSR count). The Kier molecular flexibility index (Phi) is 5.05. The normalized spacial score (nSPS) is 10.4. The number of thiazole rings is 1. The van der Waals surface area contributed by atoms with Crippen molar-refractivity contribution >= 4 is 45.4 Å². The summed E-state index contributed by atoms with van der Waals surface area (Å²) in [5.74, 6) is -0.412. The first kappa shape index (κ1) is 17.1. The van der Waals surface area contributed by atoms with E-state index < -0.39 is 11.9 Å². The molecule has 25 heavy (non-hydrogen) atoms. The number of carbonyl (C=O) groups is 1. The third kappa shape index (κ3) is 4.61. The largest absolute Gasteiger partial charge is 0.418 e. The van der Waals surface area contributed by atoms with Crippen molar-refractivity contribution in [1.29, 1.82) is 0 Å². The number of anilines is 3. The summed E-state index contributed by atoms with van der Waals surface area (Å²) < 4.78 is 18.5. The number of hydrogen-bond acceptors (Lipinski definition) is 7. The van der Waals surface area contributed by atoms with Crippen LogP contribution in [-0.2, 0) is 0 Å². The predicted molar refractivity (Wildman–Crippen MR) is 93.2 cm³/mol. The molecule has 3 aromatic heterocycles. The lowest BCUT2D eigenvalue weighted by atomic mass is 10.4. The molecule has 0 aromatic carbocycles. The first-order valence-corrected chi connectivity index (χ1v) is 8.14. The molecular formula is C15H11ClFN5O2S. The van der Waals surface area contributed by atoms with Gasteiger partial charge in [-0.25, -0.2) is 19.2 Å². The van der Waals surface area contributed by atoms with Gasteiger partial charge in [-0.05, 0) is 19.1 Å². The Morgan fingerprint density at radius 1 is 1.32 bits per heavy atom. The molecule has 2 N–H and O–H groups in total. The molecule has 0 fully saturated rings. The fourth-order valence-corrected chi connectivity index (χ4v) is 2.82. The molecule has 0 atom stereocenters. The van der Waals surface area contributed by atoms with E-state index in [1.54, 1.807) is 13.0 Å². The van der Waals surface area contributed by atoms with Crippen LogP contribution in [0.1, 0.15) is 5.01 Å². The lowest BCUT2D eigenvalue weighted by Crippen LogP contribution is -2.17. The highest BCUT2D eigenvalue weighted by Gasteiger charge is 2.15. The van der Waals surface area contributed by atoms with Gasteiger partial charge in [0.2, 0.25) is 0 Å². The minimum absolute atomic E-state index is 0.0735. The minimum atomic E-state index is -0.743. The third-order valence-corrected chi connectivity index (χ3v) is 3.90. The van der Waals surface area contributed by atoms with E-state index in [0.717, 1.165) is 6.20 Å². The van der Waals surface area contributed by atoms with Gasteiger partial charge in [0.25, 0.3) is 5.88 Å². The predicted octanol–water partition coefficient (Wildman–Crippen LogP) is 4.39. The van der Waals surface area contributed by atoms with Crippen molar-refractivity contribution in [1.82, 2.24) is 15.0 Å². The van der Waals surface area contributed by atoms with Gasteiger partial charge >= 0.3 is 6.09 Å². The molecule has 3 aromatic rings. The molecule has 0 unspecified atom stereocenters. The van der Waals surface area contributed by atoms with E-state index in [0.29, 0.717) is 21.4 Å². The summed E-state index contributed by atoms with van der Waals surface area (Å²) in [5, 5.41) is 6.81. The lowest BCUT2D eigenvalue weighted by Gasteiger charge is -2.07. The fourth-order valence-electron chi connectivity index (χ4n) is 1.88. The molecule has 7 nitrogen and oxygen atoms in total. The summed E-state index contributed by atoms with van der Waals surface area (Å²) in [7, 11) is 0. The summed E-state index contributed by atoms with van der Waals surface area (Å²) >= 11 is 7.02. The zero-order chi connectivity index (χ0) is 17.8. The SMILES string of the molecule is Cc1nc(OC(=O)Nc2ccnc(Cl)c2)c(Nc2cncc(F)c2)s1. The summed E-state index contributed by atoms with van der Waals surface area (Å²) in [4.78, 5) is 23.7. The number of pyridine rings is 2. The first-order valence-electron chi connectivity index (χ1n) is 6.95. The first-order chi connectivity index (χ1) is 12.0. The summed E-state index contributed by atoms with van der Waals surface area (Å²) in [6.07, 6.45) is 3.25. The molecule has 0 aliphatic rings. The van der Waals surface area contributed by atoms with Crippen LogP contribution in [0.2, 0.25) is 5.15 Å². The second-order valence-electron chi connectivity index (χ2n) is 4.77. The second-order valence-corrected chi connectivity index (χ2v) is 6.36. The van der Waals surface area contributed by atoms with Crippen LogP contribution in [0.15, 0.2) is 36.8 Å². The van der Waals surface area contributed by atoms with E-state index in [1.807, 2.05) is 0 Å². The summed E-state index contributed by atoms with van der Waals surface area (Å²) in [6.45, 7) is 1.76. The summed E-state index contributed by atoms with van der Waals surface area (Å²) in [5.41, 5.74) is 0.843. The van der Waals surface area contributed by atoms with Crippen molar-refractivity contribution in [2.75, 3.05) is 10.6 Å². The Bertz CT molecular complexity index is 920. The number of aryl methyl sites for hydroxylation is 1. The van der Waals surface area contributed by atoms with E-state index in [1.165, 1.54) is 35.9 Å². The van der Waals surface area contributed by atoms with Crippen molar-refractivity contribution in [3.63, 3.8) is 0 Å². The average molecular weight is 380 g/mol. The molecule has 0 saturated carbocycles. The Hall–Kier alpha value is -2.78. The van der Waals surface area contributed by atoms with Crippen LogP contribution in [-0.4, -0.2) is 21.0 Å². The molecule has 128 valence electrons. The van der Waals surface area contributed by atoms with E-state index in [-0.39, 0.29) is 11.0 Å². The van der Waals surface area contributed by atoms with Crippen LogP contribution >= 0.6 is 22.9 Å². The Balaban J connectivity index is 1.73. The molecule has 0 bridgehead atoms. The number of nitrogens with zero attached hydrogens (tertiary/aromatic N) is 3. The van der Waals surface area contributed by atoms with E-state index >= 15 is 0 Å². The number of halogens is 2. The van der Waals surface area contributed by atoms with Crippen LogP contribution in [0.3, 0.4) is 0 Å². The van der Waals surface area contributed by atoms with Crippen molar-refractivity contribution in [2.24, 2.45) is 0 Å². The van der Waals surface area contributed by atoms with E-state index in [4.69, 9.17) is 16.3 Å². The number of amides is 1. The Labute approximate surface area is 150 Å². The highest BCUT2D eigenvalue weighted by atomic mass is 35.5. The molecule has 10 heteroatoms. The summed E-state index contributed by atoms with van der Waals surface area (Å²) in [6, 6.07) is 4.31. The number of ether oxygens (including phenoxy) is 1. The van der Waals surface area contributed by atoms with Crippen LogP contribution in [0.25, 0.3) is 0 Å². The number of rotatable bonds is 4. The highest BCUT2D eigenvalue weighted by Crippen LogP contribution is 2.33. The number of aromatic nitrogens is 3. The van der Waals surface area contributed by atoms with Crippen molar-refractivity contribution in [3.8, 4) is 5.88 Å². The quantitative estimate of drug-likeness (QED) is 0.653. The molecule has 1 amide bonds. The monoisotopic (exact) mass is 379 g/mol. The fraction of sp³-hybridized carbons (Fsp3) is 0.0667. The van der Waals surface area contributed by atoms with Gasteiger partial charge in [0.05, 0.1) is 23.1 Å². The van der Waals surface area contributed by atoms with Gasteiger partial charge in [-0.2, -0.15) is 0 Å². The second kappa shape index (κ2) is 7.41. The highest BCUT2D eigenvalue weighted by molar-refractivity contribution is 7.16. The lowest BCUT2D eigenvalue weighted by molar-refractivity contribution is 0.214. The van der Waals surface area contributed by atoms with Crippen LogP contribution < -0.4 is 15.4 Å². The number of hydrogen-bond donors (Lipinski definition) is 2. The smallest absolute Gasteiger partial charge is 0.388 e. The molecule has 3 heterocycles. The molecule has 0 spiro atoms. The number of carbonyl (C=O) groups excluding carboxylic acids is 1. The van der Waals surface area contributed by atoms with Crippen LogP contribution in [0.5, 0.6) is 5.88 Å². The van der Waals surface area contributed by atoms with Gasteiger partial charge in [0.15, 0.2) is 5.00 Å². The van der Waals surface area contributed by atoms with Gasteiger partial charge in [0, 0.05) is 18.0 Å². The van der Waals surface area contributed by atoms with Crippen LogP contribution in [0, 0.1) is 12.7 Å². The van der Waals surface area contributed by atoms with E-state index in [9.17, 15) is 9.18 Å². The minimum Gasteiger partial charge on any atom is -0.388 e. The number of nitrogens with one attached hydrogen (secondary N) is 2. The standard InChI is InChI=1S/C15H11ClFN5O2S/c1-8-20-13(14(25-8)21-11-4-9(17)6-18-7-11)24-15(23)22-10-2-3-19-12(16)5-10/h2-7,21H,1H3,(H,19,22,23). The molecule has 0 saturated heterocycles. The molecular weight excluding hydrogens is 369 g/mol. The Morgan fingerprint density at radius 2 is 2.16 bits per heavy atom. The maximum atomic E-state index is 13.2. The van der Waals surface area contributed by atoms with Gasteiger partial charge in [-0.3, -0.25) is 10.3 Å². The van der Waals surface area contributed by atoms with Crippen molar-refractivity contribution < 1.29 is 13.9 Å². The molecule has 0 aliphatic carbocycles. The van der Waals surface area contributed by atoms with Crippen molar-refractivity contribution in [3.05, 3.63) is 52.8 Å².